The molecular weight excluding hydrogens is 232 g/mol. The van der Waals surface area contributed by atoms with Crippen molar-refractivity contribution in [2.24, 2.45) is 4.40 Å². The van der Waals surface area contributed by atoms with Crippen molar-refractivity contribution in [2.45, 2.75) is 25.5 Å². The lowest BCUT2D eigenvalue weighted by atomic mass is 10.3. The summed E-state index contributed by atoms with van der Waals surface area (Å²) in [6.45, 7) is 5.62. The van der Waals surface area contributed by atoms with Crippen molar-refractivity contribution in [2.75, 3.05) is 0 Å². The van der Waals surface area contributed by atoms with Gasteiger partial charge in [-0.25, -0.2) is 0 Å². The molecule has 15 heavy (non-hydrogen) atoms. The van der Waals surface area contributed by atoms with Crippen LogP contribution in [0.1, 0.15) is 26.3 Å². The molecule has 1 aromatic heterocycles. The highest BCUT2D eigenvalue weighted by Crippen LogP contribution is 2.17. The van der Waals surface area contributed by atoms with Crippen LogP contribution < -0.4 is 0 Å². The summed E-state index contributed by atoms with van der Waals surface area (Å²) in [5.74, 6) is 0. The van der Waals surface area contributed by atoms with E-state index in [0.717, 1.165) is 5.56 Å². The molecule has 3 nitrogen and oxygen atoms in total. The van der Waals surface area contributed by atoms with E-state index in [1.807, 2.05) is 20.8 Å². The van der Waals surface area contributed by atoms with Crippen LogP contribution in [0, 0.1) is 0 Å². The molecule has 0 amide bonds. The van der Waals surface area contributed by atoms with Gasteiger partial charge in [-0.15, -0.1) is 0 Å². The average molecular weight is 245 g/mol. The van der Waals surface area contributed by atoms with Gasteiger partial charge in [0.05, 0.1) is 11.2 Å². The van der Waals surface area contributed by atoms with Gasteiger partial charge in [0.2, 0.25) is 0 Å². The standard InChI is InChI=1S/C10H13ClN2OS/c1-10(2,3)15(14)13-6-8-4-9(11)7-12-5-8/h4-7H,1-3H3/b13-6+. The van der Waals surface area contributed by atoms with Gasteiger partial charge in [-0.05, 0) is 26.8 Å². The first-order valence-corrected chi connectivity index (χ1v) is 5.95. The molecule has 0 bridgehead atoms. The van der Waals surface area contributed by atoms with E-state index in [9.17, 15) is 4.55 Å². The number of hydrogen-bond donors (Lipinski definition) is 0. The molecule has 0 radical (unpaired) electrons. The lowest BCUT2D eigenvalue weighted by Gasteiger charge is -2.17. The Morgan fingerprint density at radius 1 is 1.47 bits per heavy atom. The molecule has 1 aromatic rings. The number of pyridine rings is 1. The second-order valence-electron chi connectivity index (χ2n) is 4.03. The first kappa shape index (κ1) is 12.5. The molecule has 0 fully saturated rings. The van der Waals surface area contributed by atoms with Gasteiger partial charge in [0, 0.05) is 18.0 Å². The van der Waals surface area contributed by atoms with Crippen LogP contribution in [0.3, 0.4) is 0 Å². The van der Waals surface area contributed by atoms with Crippen molar-refractivity contribution in [3.63, 3.8) is 0 Å². The van der Waals surface area contributed by atoms with Crippen LogP contribution in [0.25, 0.3) is 0 Å². The molecule has 1 heterocycles. The number of nitrogens with zero attached hydrogens (tertiary/aromatic N) is 2. The molecule has 82 valence electrons. The summed E-state index contributed by atoms with van der Waals surface area (Å²) >= 11 is 4.50. The lowest BCUT2D eigenvalue weighted by molar-refractivity contribution is 0.562. The first-order chi connectivity index (χ1) is 6.89. The van der Waals surface area contributed by atoms with Crippen LogP contribution >= 0.6 is 11.6 Å². The maximum Gasteiger partial charge on any atom is 0.144 e. The van der Waals surface area contributed by atoms with Crippen LogP contribution in [0.5, 0.6) is 0 Å². The van der Waals surface area contributed by atoms with Gasteiger partial charge in [0.25, 0.3) is 0 Å². The maximum absolute atomic E-state index is 11.6. The Bertz CT molecular complexity index is 363. The Morgan fingerprint density at radius 2 is 2.13 bits per heavy atom. The Morgan fingerprint density at radius 3 is 2.67 bits per heavy atom. The molecule has 0 aromatic carbocycles. The van der Waals surface area contributed by atoms with Crippen molar-refractivity contribution in [1.29, 1.82) is 0 Å². The number of rotatable bonds is 2. The first-order valence-electron chi connectivity index (χ1n) is 4.46. The SMILES string of the molecule is CC(C)(C)[S+]([O-])/N=C/c1cncc(Cl)c1. The van der Waals surface area contributed by atoms with Crippen LogP contribution in [0.4, 0.5) is 0 Å². The zero-order valence-electron chi connectivity index (χ0n) is 8.90. The molecule has 0 aliphatic carbocycles. The van der Waals surface area contributed by atoms with Gasteiger partial charge in [-0.1, -0.05) is 16.0 Å². The zero-order valence-corrected chi connectivity index (χ0v) is 10.5. The fourth-order valence-corrected chi connectivity index (χ4v) is 1.48. The minimum atomic E-state index is -1.25. The summed E-state index contributed by atoms with van der Waals surface area (Å²) in [4.78, 5) is 3.90. The molecule has 1 atom stereocenters. The zero-order chi connectivity index (χ0) is 11.5. The molecule has 1 rings (SSSR count). The van der Waals surface area contributed by atoms with E-state index >= 15 is 0 Å². The number of hydrogen-bond acceptors (Lipinski definition) is 3. The Kier molecular flexibility index (Phi) is 4.13. The van der Waals surface area contributed by atoms with E-state index in [1.165, 1.54) is 6.21 Å². The number of aromatic nitrogens is 1. The highest BCUT2D eigenvalue weighted by molar-refractivity contribution is 7.91. The quantitative estimate of drug-likeness (QED) is 0.593. The minimum absolute atomic E-state index is 0.345. The summed E-state index contributed by atoms with van der Waals surface area (Å²) < 4.78 is 15.2. The number of halogens is 1. The van der Waals surface area contributed by atoms with Crippen LogP contribution in [-0.4, -0.2) is 20.5 Å². The van der Waals surface area contributed by atoms with Crippen LogP contribution in [-0.2, 0) is 11.4 Å². The second kappa shape index (κ2) is 4.96. The van der Waals surface area contributed by atoms with E-state index in [0.29, 0.717) is 5.02 Å². The highest BCUT2D eigenvalue weighted by Gasteiger charge is 2.25. The summed E-state index contributed by atoms with van der Waals surface area (Å²) in [5, 5.41) is 0.542. The van der Waals surface area contributed by atoms with Crippen molar-refractivity contribution in [1.82, 2.24) is 4.98 Å². The summed E-state index contributed by atoms with van der Waals surface area (Å²) in [6, 6.07) is 1.72. The lowest BCUT2D eigenvalue weighted by Crippen LogP contribution is -2.25. The monoisotopic (exact) mass is 244 g/mol. The van der Waals surface area contributed by atoms with Gasteiger partial charge in [0.1, 0.15) is 16.1 Å². The van der Waals surface area contributed by atoms with E-state index in [4.69, 9.17) is 11.6 Å². The fraction of sp³-hybridized carbons (Fsp3) is 0.400. The van der Waals surface area contributed by atoms with Crippen molar-refractivity contribution < 1.29 is 4.55 Å². The van der Waals surface area contributed by atoms with Crippen molar-refractivity contribution >= 4 is 29.2 Å². The van der Waals surface area contributed by atoms with Gasteiger partial charge >= 0.3 is 0 Å². The Labute approximate surface area is 97.9 Å². The van der Waals surface area contributed by atoms with Crippen LogP contribution in [0.2, 0.25) is 5.02 Å². The van der Waals surface area contributed by atoms with Gasteiger partial charge in [0.15, 0.2) is 0 Å². The Balaban J connectivity index is 2.74. The molecule has 0 saturated heterocycles. The summed E-state index contributed by atoms with van der Waals surface area (Å²) in [5.41, 5.74) is 0.750. The minimum Gasteiger partial charge on any atom is -0.591 e. The molecule has 0 aliphatic rings. The third-order valence-corrected chi connectivity index (χ3v) is 3.10. The fourth-order valence-electron chi connectivity index (χ4n) is 0.766. The maximum atomic E-state index is 11.6. The second-order valence-corrected chi connectivity index (χ2v) is 6.40. The normalized spacial score (nSPS) is 14.5. The third kappa shape index (κ3) is 4.20. The van der Waals surface area contributed by atoms with Gasteiger partial charge in [-0.3, -0.25) is 4.98 Å². The topological polar surface area (TPSA) is 48.3 Å². The predicted molar refractivity (Wildman–Crippen MR) is 64.7 cm³/mol. The van der Waals surface area contributed by atoms with E-state index in [2.05, 4.69) is 9.38 Å². The van der Waals surface area contributed by atoms with Gasteiger partial charge in [-0.2, -0.15) is 0 Å². The largest absolute Gasteiger partial charge is 0.591 e. The Hall–Kier alpha value is -0.580. The molecule has 5 heteroatoms. The highest BCUT2D eigenvalue weighted by atomic mass is 35.5. The smallest absolute Gasteiger partial charge is 0.144 e. The molecule has 1 unspecified atom stereocenters. The van der Waals surface area contributed by atoms with Crippen LogP contribution in [0.15, 0.2) is 22.9 Å². The molecular formula is C10H13ClN2OS. The molecule has 0 spiro atoms. The third-order valence-electron chi connectivity index (χ3n) is 1.55. The van der Waals surface area contributed by atoms with E-state index < -0.39 is 11.4 Å². The summed E-state index contributed by atoms with van der Waals surface area (Å²) in [6.07, 6.45) is 4.69. The molecule has 0 N–H and O–H groups in total. The summed E-state index contributed by atoms with van der Waals surface area (Å²) in [7, 11) is 0. The van der Waals surface area contributed by atoms with Crippen molar-refractivity contribution in [3.05, 3.63) is 29.0 Å². The van der Waals surface area contributed by atoms with E-state index in [1.54, 1.807) is 18.5 Å². The van der Waals surface area contributed by atoms with Gasteiger partial charge < -0.3 is 4.55 Å². The van der Waals surface area contributed by atoms with Crippen molar-refractivity contribution in [3.8, 4) is 0 Å². The molecule has 0 saturated carbocycles. The van der Waals surface area contributed by atoms with E-state index in [-0.39, 0.29) is 4.75 Å². The predicted octanol–water partition coefficient (Wildman–Crippen LogP) is 2.62. The molecule has 0 aliphatic heterocycles. The average Bonchev–Trinajstić information content (AvgIpc) is 2.12.